The fourth-order valence-corrected chi connectivity index (χ4v) is 1.87. The number of rotatable bonds is 5. The molecule has 1 fully saturated rings. The quantitative estimate of drug-likeness (QED) is 0.721. The van der Waals surface area contributed by atoms with Gasteiger partial charge in [0.15, 0.2) is 0 Å². The van der Waals surface area contributed by atoms with E-state index in [0.717, 1.165) is 24.3 Å². The molecule has 0 radical (unpaired) electrons. The van der Waals surface area contributed by atoms with Crippen molar-refractivity contribution in [3.05, 3.63) is 24.3 Å². The molecule has 1 saturated carbocycles. The zero-order valence-corrected chi connectivity index (χ0v) is 10.3. The highest BCUT2D eigenvalue weighted by atomic mass is 16.5. The zero-order valence-electron chi connectivity index (χ0n) is 10.3. The molecule has 18 heavy (non-hydrogen) atoms. The third-order valence-electron chi connectivity index (χ3n) is 3.04. The molecule has 5 heteroatoms. The Balaban J connectivity index is 1.72. The Morgan fingerprint density at radius 1 is 1.39 bits per heavy atom. The van der Waals surface area contributed by atoms with Gasteiger partial charge in [0.2, 0.25) is 5.91 Å². The topological polar surface area (TPSA) is 70.6 Å². The number of aliphatic hydroxyl groups is 1. The molecule has 1 aromatic rings. The average molecular weight is 250 g/mol. The summed E-state index contributed by atoms with van der Waals surface area (Å²) < 4.78 is 5.04. The second-order valence-electron chi connectivity index (χ2n) is 4.48. The van der Waals surface area contributed by atoms with Crippen molar-refractivity contribution in [3.8, 4) is 5.75 Å². The van der Waals surface area contributed by atoms with Crippen molar-refractivity contribution < 1.29 is 14.6 Å². The molecule has 0 bridgehead atoms. The average Bonchev–Trinajstić information content (AvgIpc) is 2.34. The molecule has 0 unspecified atom stereocenters. The number of carbonyl (C=O) groups is 1. The van der Waals surface area contributed by atoms with Crippen molar-refractivity contribution in [1.82, 2.24) is 5.32 Å². The van der Waals surface area contributed by atoms with E-state index in [0.29, 0.717) is 0 Å². The van der Waals surface area contributed by atoms with Gasteiger partial charge in [0, 0.05) is 11.7 Å². The summed E-state index contributed by atoms with van der Waals surface area (Å²) in [4.78, 5) is 11.6. The molecule has 0 aromatic heterocycles. The van der Waals surface area contributed by atoms with E-state index in [4.69, 9.17) is 9.84 Å². The van der Waals surface area contributed by atoms with Gasteiger partial charge in [0.05, 0.1) is 19.8 Å². The number of aliphatic hydroxyl groups excluding tert-OH is 1. The minimum Gasteiger partial charge on any atom is -0.497 e. The first-order chi connectivity index (χ1) is 8.67. The van der Waals surface area contributed by atoms with Crippen LogP contribution in [0.3, 0.4) is 0 Å². The van der Waals surface area contributed by atoms with Gasteiger partial charge in [0.25, 0.3) is 0 Å². The SMILES string of the molecule is COc1ccc(NC(=O)CNC2CC(O)C2)cc1. The molecular weight excluding hydrogens is 232 g/mol. The number of ether oxygens (including phenoxy) is 1. The second-order valence-corrected chi connectivity index (χ2v) is 4.48. The van der Waals surface area contributed by atoms with Crippen molar-refractivity contribution in [3.63, 3.8) is 0 Å². The molecule has 98 valence electrons. The van der Waals surface area contributed by atoms with Gasteiger partial charge in [0.1, 0.15) is 5.75 Å². The zero-order chi connectivity index (χ0) is 13.0. The molecule has 2 rings (SSSR count). The largest absolute Gasteiger partial charge is 0.497 e. The van der Waals surface area contributed by atoms with Gasteiger partial charge < -0.3 is 20.5 Å². The highest BCUT2D eigenvalue weighted by molar-refractivity contribution is 5.92. The van der Waals surface area contributed by atoms with Crippen LogP contribution in [0.25, 0.3) is 0 Å². The first kappa shape index (κ1) is 12.9. The van der Waals surface area contributed by atoms with E-state index in [-0.39, 0.29) is 24.6 Å². The fourth-order valence-electron chi connectivity index (χ4n) is 1.87. The molecule has 0 heterocycles. The van der Waals surface area contributed by atoms with E-state index in [1.54, 1.807) is 31.4 Å². The van der Waals surface area contributed by atoms with Crippen LogP contribution >= 0.6 is 0 Å². The number of methoxy groups -OCH3 is 1. The maximum atomic E-state index is 11.6. The number of anilines is 1. The van der Waals surface area contributed by atoms with Gasteiger partial charge in [-0.3, -0.25) is 4.79 Å². The normalized spacial score (nSPS) is 22.1. The minimum atomic E-state index is -0.202. The highest BCUT2D eigenvalue weighted by Crippen LogP contribution is 2.19. The Kier molecular flexibility index (Phi) is 4.17. The molecule has 1 aliphatic carbocycles. The van der Waals surface area contributed by atoms with Crippen molar-refractivity contribution in [2.24, 2.45) is 0 Å². The molecule has 5 nitrogen and oxygen atoms in total. The fraction of sp³-hybridized carbons (Fsp3) is 0.462. The van der Waals surface area contributed by atoms with Gasteiger partial charge >= 0.3 is 0 Å². The monoisotopic (exact) mass is 250 g/mol. The number of amides is 1. The van der Waals surface area contributed by atoms with Crippen LogP contribution in [0.4, 0.5) is 5.69 Å². The van der Waals surface area contributed by atoms with Crippen LogP contribution in [0.1, 0.15) is 12.8 Å². The third kappa shape index (κ3) is 3.45. The lowest BCUT2D eigenvalue weighted by molar-refractivity contribution is -0.115. The summed E-state index contributed by atoms with van der Waals surface area (Å²) in [6.45, 7) is 0.267. The number of nitrogens with one attached hydrogen (secondary N) is 2. The van der Waals surface area contributed by atoms with Gasteiger partial charge in [-0.15, -0.1) is 0 Å². The number of hydrogen-bond donors (Lipinski definition) is 3. The van der Waals surface area contributed by atoms with Crippen LogP contribution in [-0.4, -0.2) is 36.8 Å². The highest BCUT2D eigenvalue weighted by Gasteiger charge is 2.26. The van der Waals surface area contributed by atoms with E-state index in [2.05, 4.69) is 10.6 Å². The predicted octanol–water partition coefficient (Wildman–Crippen LogP) is 0.747. The van der Waals surface area contributed by atoms with Crippen molar-refractivity contribution in [2.75, 3.05) is 19.0 Å². The van der Waals surface area contributed by atoms with E-state index in [1.165, 1.54) is 0 Å². The van der Waals surface area contributed by atoms with Crippen molar-refractivity contribution >= 4 is 11.6 Å². The second kappa shape index (κ2) is 5.84. The summed E-state index contributed by atoms with van der Waals surface area (Å²) in [7, 11) is 1.60. The van der Waals surface area contributed by atoms with Gasteiger partial charge in [-0.25, -0.2) is 0 Å². The maximum absolute atomic E-state index is 11.6. The van der Waals surface area contributed by atoms with Crippen LogP contribution in [0, 0.1) is 0 Å². The summed E-state index contributed by atoms with van der Waals surface area (Å²) in [6, 6.07) is 7.45. The maximum Gasteiger partial charge on any atom is 0.238 e. The minimum absolute atomic E-state index is 0.0819. The van der Waals surface area contributed by atoms with Crippen molar-refractivity contribution in [1.29, 1.82) is 0 Å². The van der Waals surface area contributed by atoms with Gasteiger partial charge in [-0.1, -0.05) is 0 Å². The molecule has 0 atom stereocenters. The van der Waals surface area contributed by atoms with E-state index in [9.17, 15) is 4.79 Å². The van der Waals surface area contributed by atoms with E-state index >= 15 is 0 Å². The lowest BCUT2D eigenvalue weighted by Crippen LogP contribution is -2.46. The Hall–Kier alpha value is -1.59. The summed E-state index contributed by atoms with van der Waals surface area (Å²) >= 11 is 0. The van der Waals surface area contributed by atoms with E-state index < -0.39 is 0 Å². The smallest absolute Gasteiger partial charge is 0.238 e. The number of benzene rings is 1. The summed E-state index contributed by atoms with van der Waals surface area (Å²) in [6.07, 6.45) is 1.26. The standard InChI is InChI=1S/C13H18N2O3/c1-18-12-4-2-9(3-5-12)15-13(17)8-14-10-6-11(16)7-10/h2-5,10-11,14,16H,6-8H2,1H3,(H,15,17). The Labute approximate surface area is 106 Å². The Bertz CT molecular complexity index is 399. The Morgan fingerprint density at radius 2 is 2.06 bits per heavy atom. The van der Waals surface area contributed by atoms with Crippen LogP contribution in [0.2, 0.25) is 0 Å². The number of hydrogen-bond acceptors (Lipinski definition) is 4. The van der Waals surface area contributed by atoms with Gasteiger partial charge in [-0.05, 0) is 37.1 Å². The summed E-state index contributed by atoms with van der Waals surface area (Å²) in [5.41, 5.74) is 0.747. The molecule has 1 aromatic carbocycles. The third-order valence-corrected chi connectivity index (χ3v) is 3.04. The summed E-state index contributed by atoms with van der Waals surface area (Å²) in [5.74, 6) is 0.677. The summed E-state index contributed by atoms with van der Waals surface area (Å²) in [5, 5.41) is 15.0. The molecule has 1 amide bonds. The molecule has 0 saturated heterocycles. The molecule has 0 spiro atoms. The lowest BCUT2D eigenvalue weighted by Gasteiger charge is -2.31. The lowest BCUT2D eigenvalue weighted by atomic mass is 9.89. The molecular formula is C13H18N2O3. The number of carbonyl (C=O) groups excluding carboxylic acids is 1. The van der Waals surface area contributed by atoms with Crippen molar-refractivity contribution in [2.45, 2.75) is 25.0 Å². The van der Waals surface area contributed by atoms with Crippen LogP contribution < -0.4 is 15.4 Å². The van der Waals surface area contributed by atoms with Gasteiger partial charge in [-0.2, -0.15) is 0 Å². The molecule has 1 aliphatic rings. The van der Waals surface area contributed by atoms with Crippen LogP contribution in [0.5, 0.6) is 5.75 Å². The first-order valence-corrected chi connectivity index (χ1v) is 6.02. The predicted molar refractivity (Wildman–Crippen MR) is 68.7 cm³/mol. The molecule has 0 aliphatic heterocycles. The Morgan fingerprint density at radius 3 is 2.61 bits per heavy atom. The van der Waals surface area contributed by atoms with Crippen LogP contribution in [0.15, 0.2) is 24.3 Å². The van der Waals surface area contributed by atoms with E-state index in [1.807, 2.05) is 0 Å². The first-order valence-electron chi connectivity index (χ1n) is 6.02. The molecule has 3 N–H and O–H groups in total. The van der Waals surface area contributed by atoms with Crippen LogP contribution in [-0.2, 0) is 4.79 Å².